The number of alkyl halides is 2. The Hall–Kier alpha value is -1.69. The van der Waals surface area contributed by atoms with Gasteiger partial charge in [-0.05, 0) is 43.4 Å². The molecule has 1 aromatic carbocycles. The summed E-state index contributed by atoms with van der Waals surface area (Å²) in [5, 5.41) is 0. The summed E-state index contributed by atoms with van der Waals surface area (Å²) in [6.45, 7) is 0.592. The third kappa shape index (κ3) is 4.66. The Morgan fingerprint density at radius 3 is 2.68 bits per heavy atom. The van der Waals surface area contributed by atoms with Crippen molar-refractivity contribution in [3.63, 3.8) is 0 Å². The van der Waals surface area contributed by atoms with Crippen molar-refractivity contribution in [2.45, 2.75) is 38.8 Å². The molecule has 0 spiro atoms. The molecule has 1 fully saturated rings. The van der Waals surface area contributed by atoms with Gasteiger partial charge in [-0.15, -0.1) is 0 Å². The van der Waals surface area contributed by atoms with E-state index in [9.17, 15) is 13.6 Å². The van der Waals surface area contributed by atoms with Crippen LogP contribution in [0.25, 0.3) is 0 Å². The molecule has 2 N–H and O–H groups in total. The number of amides is 1. The molecular formula is C16H22F2N2O2. The van der Waals surface area contributed by atoms with Crippen LogP contribution in [0.3, 0.4) is 0 Å². The Morgan fingerprint density at radius 2 is 2.09 bits per heavy atom. The molecule has 4 nitrogen and oxygen atoms in total. The molecule has 122 valence electrons. The zero-order valence-corrected chi connectivity index (χ0v) is 12.7. The van der Waals surface area contributed by atoms with Crippen molar-refractivity contribution < 1.29 is 18.3 Å². The molecule has 1 amide bonds. The fourth-order valence-electron chi connectivity index (χ4n) is 2.74. The quantitative estimate of drug-likeness (QED) is 0.908. The molecule has 1 aliphatic heterocycles. The second-order valence-electron chi connectivity index (χ2n) is 5.80. The van der Waals surface area contributed by atoms with Crippen molar-refractivity contribution >= 4 is 5.91 Å². The number of ether oxygens (including phenoxy) is 1. The standard InChI is InChI=1S/C16H22F2N2O2/c1-11(19)13-3-2-8-20(10-13)15(21)9-12-4-6-14(7-5-12)22-16(17)18/h4-7,11,13,16H,2-3,8-10,19H2,1H3. The number of rotatable bonds is 5. The summed E-state index contributed by atoms with van der Waals surface area (Å²) in [5.41, 5.74) is 6.71. The monoisotopic (exact) mass is 312 g/mol. The SMILES string of the molecule is CC(N)C1CCCN(C(=O)Cc2ccc(OC(F)F)cc2)C1. The van der Waals surface area contributed by atoms with Crippen LogP contribution < -0.4 is 10.5 Å². The summed E-state index contributed by atoms with van der Waals surface area (Å²) in [6.07, 6.45) is 2.29. The van der Waals surface area contributed by atoms with Crippen LogP contribution in [0.15, 0.2) is 24.3 Å². The minimum Gasteiger partial charge on any atom is -0.435 e. The van der Waals surface area contributed by atoms with Crippen LogP contribution in [-0.2, 0) is 11.2 Å². The van der Waals surface area contributed by atoms with Crippen LogP contribution in [-0.4, -0.2) is 36.5 Å². The van der Waals surface area contributed by atoms with Crippen LogP contribution in [0.5, 0.6) is 5.75 Å². The highest BCUT2D eigenvalue weighted by molar-refractivity contribution is 5.78. The molecule has 1 heterocycles. The highest BCUT2D eigenvalue weighted by Crippen LogP contribution is 2.20. The molecule has 0 aromatic heterocycles. The number of hydrogen-bond acceptors (Lipinski definition) is 3. The average Bonchev–Trinajstić information content (AvgIpc) is 2.49. The fraction of sp³-hybridized carbons (Fsp3) is 0.562. The van der Waals surface area contributed by atoms with E-state index in [4.69, 9.17) is 5.73 Å². The van der Waals surface area contributed by atoms with Crippen LogP contribution in [0.4, 0.5) is 8.78 Å². The van der Waals surface area contributed by atoms with Gasteiger partial charge in [-0.25, -0.2) is 0 Å². The first-order chi connectivity index (χ1) is 10.5. The minimum absolute atomic E-state index is 0.0490. The number of hydrogen-bond donors (Lipinski definition) is 1. The molecule has 2 rings (SSSR count). The molecule has 22 heavy (non-hydrogen) atoms. The van der Waals surface area contributed by atoms with Gasteiger partial charge in [-0.3, -0.25) is 4.79 Å². The van der Waals surface area contributed by atoms with E-state index in [0.717, 1.165) is 24.9 Å². The summed E-state index contributed by atoms with van der Waals surface area (Å²) < 4.78 is 28.5. The van der Waals surface area contributed by atoms with Crippen molar-refractivity contribution in [1.29, 1.82) is 0 Å². The lowest BCUT2D eigenvalue weighted by Gasteiger charge is -2.34. The highest BCUT2D eigenvalue weighted by atomic mass is 19.3. The van der Waals surface area contributed by atoms with Gasteiger partial charge in [0.2, 0.25) is 5.91 Å². The number of benzene rings is 1. The first-order valence-electron chi connectivity index (χ1n) is 7.53. The smallest absolute Gasteiger partial charge is 0.387 e. The normalized spacial score (nSPS) is 20.0. The number of halogens is 2. The van der Waals surface area contributed by atoms with Gasteiger partial charge < -0.3 is 15.4 Å². The van der Waals surface area contributed by atoms with Crippen molar-refractivity contribution in [2.24, 2.45) is 11.7 Å². The molecular weight excluding hydrogens is 290 g/mol. The maximum atomic E-state index is 12.3. The van der Waals surface area contributed by atoms with E-state index in [1.165, 1.54) is 12.1 Å². The zero-order valence-electron chi connectivity index (χ0n) is 12.7. The molecule has 1 aliphatic rings. The van der Waals surface area contributed by atoms with Crippen molar-refractivity contribution in [3.8, 4) is 5.75 Å². The largest absolute Gasteiger partial charge is 0.435 e. The predicted molar refractivity (Wildman–Crippen MR) is 79.7 cm³/mol. The highest BCUT2D eigenvalue weighted by Gasteiger charge is 2.25. The number of carbonyl (C=O) groups excluding carboxylic acids is 1. The maximum Gasteiger partial charge on any atom is 0.387 e. The van der Waals surface area contributed by atoms with E-state index in [2.05, 4.69) is 4.74 Å². The molecule has 0 bridgehead atoms. The van der Waals surface area contributed by atoms with Gasteiger partial charge in [-0.2, -0.15) is 8.78 Å². The number of piperidine rings is 1. The number of likely N-dealkylation sites (tertiary alicyclic amines) is 1. The minimum atomic E-state index is -2.84. The van der Waals surface area contributed by atoms with Gasteiger partial charge in [0.1, 0.15) is 5.75 Å². The summed E-state index contributed by atoms with van der Waals surface area (Å²) in [5.74, 6) is 0.494. The Kier molecular flexibility index (Phi) is 5.71. The van der Waals surface area contributed by atoms with E-state index >= 15 is 0 Å². The molecule has 0 aliphatic carbocycles. The van der Waals surface area contributed by atoms with E-state index < -0.39 is 6.61 Å². The summed E-state index contributed by atoms with van der Waals surface area (Å²) in [7, 11) is 0. The van der Waals surface area contributed by atoms with E-state index in [1.807, 2.05) is 11.8 Å². The topological polar surface area (TPSA) is 55.6 Å². The summed E-state index contributed by atoms with van der Waals surface area (Å²) in [4.78, 5) is 14.2. The van der Waals surface area contributed by atoms with Crippen LogP contribution in [0, 0.1) is 5.92 Å². The number of carbonyl (C=O) groups is 1. The summed E-state index contributed by atoms with van der Waals surface area (Å²) in [6, 6.07) is 6.28. The zero-order chi connectivity index (χ0) is 16.1. The van der Waals surface area contributed by atoms with Crippen molar-refractivity contribution in [2.75, 3.05) is 13.1 Å². The molecule has 2 atom stereocenters. The first kappa shape index (κ1) is 16.7. The average molecular weight is 312 g/mol. The van der Waals surface area contributed by atoms with Gasteiger partial charge in [0, 0.05) is 19.1 Å². The lowest BCUT2D eigenvalue weighted by molar-refractivity contribution is -0.132. The van der Waals surface area contributed by atoms with Crippen LogP contribution >= 0.6 is 0 Å². The van der Waals surface area contributed by atoms with Crippen molar-refractivity contribution in [1.82, 2.24) is 4.90 Å². The lowest BCUT2D eigenvalue weighted by Crippen LogP contribution is -2.45. The molecule has 0 saturated carbocycles. The maximum absolute atomic E-state index is 12.3. The molecule has 1 aromatic rings. The third-order valence-corrected chi connectivity index (χ3v) is 4.06. The Balaban J connectivity index is 1.91. The van der Waals surface area contributed by atoms with Gasteiger partial charge in [0.15, 0.2) is 0 Å². The lowest BCUT2D eigenvalue weighted by atomic mass is 9.92. The Morgan fingerprint density at radius 1 is 1.41 bits per heavy atom. The molecule has 6 heteroatoms. The predicted octanol–water partition coefficient (Wildman–Crippen LogP) is 2.42. The van der Waals surface area contributed by atoms with E-state index in [1.54, 1.807) is 12.1 Å². The second-order valence-corrected chi connectivity index (χ2v) is 5.80. The first-order valence-corrected chi connectivity index (χ1v) is 7.53. The van der Waals surface area contributed by atoms with Crippen molar-refractivity contribution in [3.05, 3.63) is 29.8 Å². The Bertz CT molecular complexity index is 491. The Labute approximate surface area is 129 Å². The van der Waals surface area contributed by atoms with Crippen LogP contribution in [0.2, 0.25) is 0 Å². The summed E-state index contributed by atoms with van der Waals surface area (Å²) >= 11 is 0. The fourth-order valence-corrected chi connectivity index (χ4v) is 2.74. The van der Waals surface area contributed by atoms with Gasteiger partial charge in [-0.1, -0.05) is 12.1 Å². The van der Waals surface area contributed by atoms with E-state index in [-0.39, 0.29) is 24.1 Å². The van der Waals surface area contributed by atoms with Gasteiger partial charge in [0.25, 0.3) is 0 Å². The number of nitrogens with two attached hydrogens (primary N) is 1. The van der Waals surface area contributed by atoms with Gasteiger partial charge in [0.05, 0.1) is 6.42 Å². The van der Waals surface area contributed by atoms with E-state index in [0.29, 0.717) is 12.5 Å². The van der Waals surface area contributed by atoms with Gasteiger partial charge >= 0.3 is 6.61 Å². The molecule has 1 saturated heterocycles. The second kappa shape index (κ2) is 7.54. The molecule has 0 radical (unpaired) electrons. The third-order valence-electron chi connectivity index (χ3n) is 4.06. The molecule has 2 unspecified atom stereocenters. The van der Waals surface area contributed by atoms with Crippen LogP contribution in [0.1, 0.15) is 25.3 Å². The number of nitrogens with zero attached hydrogens (tertiary/aromatic N) is 1.